The number of hydrogen-bond donors (Lipinski definition) is 0. The molecular formula is C13H21N3OS2. The minimum Gasteiger partial charge on any atom is -0.375 e. The van der Waals surface area contributed by atoms with Crippen LogP contribution in [0.2, 0.25) is 0 Å². The smallest absolute Gasteiger partial charge is 0.208 e. The van der Waals surface area contributed by atoms with E-state index in [1.165, 1.54) is 25.7 Å². The second-order valence-electron chi connectivity index (χ2n) is 6.27. The monoisotopic (exact) mass is 299 g/mol. The third-order valence-corrected chi connectivity index (χ3v) is 6.95. The maximum atomic E-state index is 6.05. The molecule has 0 unspecified atom stereocenters. The van der Waals surface area contributed by atoms with Crippen LogP contribution in [-0.2, 0) is 4.74 Å². The van der Waals surface area contributed by atoms with Gasteiger partial charge in [-0.05, 0) is 32.6 Å². The molecular weight excluding hydrogens is 278 g/mol. The SMILES string of the molecule is CN(C)c1nnc(SCC23CCC(C)(CC2)OC3)s1. The Labute approximate surface area is 122 Å². The average molecular weight is 299 g/mol. The minimum atomic E-state index is 0.174. The van der Waals surface area contributed by atoms with Gasteiger partial charge in [-0.15, -0.1) is 10.2 Å². The van der Waals surface area contributed by atoms with E-state index < -0.39 is 0 Å². The Morgan fingerprint density at radius 2 is 2.00 bits per heavy atom. The summed E-state index contributed by atoms with van der Waals surface area (Å²) in [5, 5.41) is 9.44. The van der Waals surface area contributed by atoms with Crippen LogP contribution in [0, 0.1) is 5.41 Å². The van der Waals surface area contributed by atoms with E-state index in [9.17, 15) is 0 Å². The molecule has 1 aliphatic carbocycles. The Kier molecular flexibility index (Phi) is 3.52. The number of thioether (sulfide) groups is 1. The quantitative estimate of drug-likeness (QED) is 0.799. The van der Waals surface area contributed by atoms with E-state index >= 15 is 0 Å². The molecule has 4 rings (SSSR count). The van der Waals surface area contributed by atoms with Gasteiger partial charge in [0, 0.05) is 25.3 Å². The first-order valence-electron chi connectivity index (χ1n) is 6.78. The van der Waals surface area contributed by atoms with Gasteiger partial charge in [-0.25, -0.2) is 0 Å². The molecule has 3 heterocycles. The molecule has 2 aliphatic heterocycles. The van der Waals surface area contributed by atoms with Crippen LogP contribution in [0.25, 0.3) is 0 Å². The van der Waals surface area contributed by atoms with Crippen LogP contribution in [0.3, 0.4) is 0 Å². The Hall–Kier alpha value is -0.330. The molecule has 4 nitrogen and oxygen atoms in total. The minimum absolute atomic E-state index is 0.174. The number of rotatable bonds is 4. The van der Waals surface area contributed by atoms with E-state index in [2.05, 4.69) is 17.1 Å². The van der Waals surface area contributed by atoms with E-state index in [1.807, 2.05) is 30.8 Å². The Morgan fingerprint density at radius 1 is 1.26 bits per heavy atom. The van der Waals surface area contributed by atoms with E-state index in [0.29, 0.717) is 5.41 Å². The summed E-state index contributed by atoms with van der Waals surface area (Å²) in [6, 6.07) is 0. The maximum absolute atomic E-state index is 6.05. The molecule has 0 amide bonds. The van der Waals surface area contributed by atoms with Crippen molar-refractivity contribution in [2.45, 2.75) is 42.5 Å². The number of anilines is 1. The van der Waals surface area contributed by atoms with Crippen molar-refractivity contribution < 1.29 is 4.74 Å². The van der Waals surface area contributed by atoms with Gasteiger partial charge in [0.1, 0.15) is 0 Å². The second kappa shape index (κ2) is 4.90. The van der Waals surface area contributed by atoms with Crippen LogP contribution >= 0.6 is 23.1 Å². The van der Waals surface area contributed by atoms with Crippen LogP contribution in [0.15, 0.2) is 4.34 Å². The predicted molar refractivity (Wildman–Crippen MR) is 80.2 cm³/mol. The summed E-state index contributed by atoms with van der Waals surface area (Å²) in [5.41, 5.74) is 0.555. The molecule has 1 saturated carbocycles. The van der Waals surface area contributed by atoms with Gasteiger partial charge in [-0.1, -0.05) is 23.1 Å². The highest BCUT2D eigenvalue weighted by molar-refractivity contribution is 8.01. The van der Waals surface area contributed by atoms with Gasteiger partial charge in [0.2, 0.25) is 5.13 Å². The summed E-state index contributed by atoms with van der Waals surface area (Å²) < 4.78 is 7.13. The van der Waals surface area contributed by atoms with Crippen LogP contribution < -0.4 is 4.90 Å². The van der Waals surface area contributed by atoms with Crippen molar-refractivity contribution in [1.29, 1.82) is 0 Å². The first-order chi connectivity index (χ1) is 9.00. The molecule has 2 saturated heterocycles. The summed E-state index contributed by atoms with van der Waals surface area (Å²) in [7, 11) is 4.01. The molecule has 0 atom stereocenters. The molecule has 0 spiro atoms. The molecule has 1 aromatic rings. The third-order valence-electron chi connectivity index (χ3n) is 4.38. The number of ether oxygens (including phenoxy) is 1. The van der Waals surface area contributed by atoms with E-state index in [4.69, 9.17) is 4.74 Å². The molecule has 19 heavy (non-hydrogen) atoms. The Balaban J connectivity index is 1.60. The summed E-state index contributed by atoms with van der Waals surface area (Å²) in [4.78, 5) is 2.01. The van der Waals surface area contributed by atoms with Gasteiger partial charge < -0.3 is 9.64 Å². The standard InChI is InChI=1S/C13H21N3OS2/c1-12-4-6-13(7-5-12,8-17-12)9-18-11-15-14-10(19-11)16(2)3/h4-9H2,1-3H3. The summed E-state index contributed by atoms with van der Waals surface area (Å²) >= 11 is 3.53. The lowest BCUT2D eigenvalue weighted by Gasteiger charge is -2.51. The van der Waals surface area contributed by atoms with Gasteiger partial charge in [0.25, 0.3) is 0 Å². The number of hydrogen-bond acceptors (Lipinski definition) is 6. The summed E-state index contributed by atoms with van der Waals surface area (Å²) in [5.74, 6) is 1.12. The first kappa shape index (κ1) is 13.6. The second-order valence-corrected chi connectivity index (χ2v) is 8.45. The van der Waals surface area contributed by atoms with Crippen molar-refractivity contribution in [2.75, 3.05) is 31.4 Å². The van der Waals surface area contributed by atoms with Gasteiger partial charge >= 0.3 is 0 Å². The molecule has 2 bridgehead atoms. The van der Waals surface area contributed by atoms with E-state index in [-0.39, 0.29) is 5.60 Å². The highest BCUT2D eigenvalue weighted by Crippen LogP contribution is 2.50. The molecule has 3 aliphatic rings. The van der Waals surface area contributed by atoms with Crippen molar-refractivity contribution >= 4 is 28.2 Å². The van der Waals surface area contributed by atoms with Crippen LogP contribution in [0.1, 0.15) is 32.6 Å². The fraction of sp³-hybridized carbons (Fsp3) is 0.846. The zero-order chi connectivity index (χ0) is 13.5. The number of nitrogens with zero attached hydrogens (tertiary/aromatic N) is 3. The predicted octanol–water partition coefficient (Wildman–Crippen LogP) is 3.05. The van der Waals surface area contributed by atoms with E-state index in [0.717, 1.165) is 21.8 Å². The van der Waals surface area contributed by atoms with Crippen molar-refractivity contribution in [1.82, 2.24) is 10.2 Å². The van der Waals surface area contributed by atoms with Gasteiger partial charge in [-0.2, -0.15) is 0 Å². The molecule has 106 valence electrons. The Morgan fingerprint density at radius 3 is 2.53 bits per heavy atom. The largest absolute Gasteiger partial charge is 0.375 e. The van der Waals surface area contributed by atoms with Gasteiger partial charge in [0.05, 0.1) is 12.2 Å². The van der Waals surface area contributed by atoms with Crippen molar-refractivity contribution in [3.8, 4) is 0 Å². The molecule has 0 N–H and O–H groups in total. The zero-order valence-electron chi connectivity index (χ0n) is 11.8. The van der Waals surface area contributed by atoms with Crippen LogP contribution in [0.4, 0.5) is 5.13 Å². The first-order valence-corrected chi connectivity index (χ1v) is 8.58. The van der Waals surface area contributed by atoms with Crippen LogP contribution in [0.5, 0.6) is 0 Å². The van der Waals surface area contributed by atoms with Crippen molar-refractivity contribution in [3.05, 3.63) is 0 Å². The maximum Gasteiger partial charge on any atom is 0.208 e. The normalized spacial score (nSPS) is 33.6. The lowest BCUT2D eigenvalue weighted by molar-refractivity contribution is -0.165. The molecule has 0 radical (unpaired) electrons. The summed E-state index contributed by atoms with van der Waals surface area (Å²) in [6.07, 6.45) is 5.03. The van der Waals surface area contributed by atoms with Gasteiger partial charge in [-0.3, -0.25) is 0 Å². The molecule has 0 aromatic carbocycles. The lowest BCUT2D eigenvalue weighted by Crippen LogP contribution is -2.50. The van der Waals surface area contributed by atoms with Crippen molar-refractivity contribution in [2.24, 2.45) is 5.41 Å². The van der Waals surface area contributed by atoms with Gasteiger partial charge in [0.15, 0.2) is 4.34 Å². The highest BCUT2D eigenvalue weighted by Gasteiger charge is 2.47. The highest BCUT2D eigenvalue weighted by atomic mass is 32.2. The average Bonchev–Trinajstić information content (AvgIpc) is 2.87. The van der Waals surface area contributed by atoms with Crippen LogP contribution in [-0.4, -0.2) is 42.3 Å². The molecule has 6 heteroatoms. The fourth-order valence-corrected chi connectivity index (χ4v) is 4.81. The third kappa shape index (κ3) is 2.76. The van der Waals surface area contributed by atoms with Crippen molar-refractivity contribution in [3.63, 3.8) is 0 Å². The lowest BCUT2D eigenvalue weighted by atomic mass is 9.68. The fourth-order valence-electron chi connectivity index (χ4n) is 2.77. The summed E-state index contributed by atoms with van der Waals surface area (Å²) in [6.45, 7) is 3.19. The Bertz CT molecular complexity index is 436. The number of fused-ring (bicyclic) bond motifs is 3. The topological polar surface area (TPSA) is 38.2 Å². The molecule has 3 fully saturated rings. The zero-order valence-corrected chi connectivity index (χ0v) is 13.4. The van der Waals surface area contributed by atoms with E-state index in [1.54, 1.807) is 11.3 Å². The molecule has 1 aromatic heterocycles. The number of aromatic nitrogens is 2.